The monoisotopic (exact) mass is 340 g/mol. The van der Waals surface area contributed by atoms with Crippen LogP contribution in [0.4, 0.5) is 0 Å². The lowest BCUT2D eigenvalue weighted by Crippen LogP contribution is -2.00. The van der Waals surface area contributed by atoms with Crippen molar-refractivity contribution in [1.82, 2.24) is 4.57 Å². The van der Waals surface area contributed by atoms with Gasteiger partial charge < -0.3 is 9.30 Å². The molecule has 0 amide bonds. The smallest absolute Gasteiger partial charge is 0.123 e. The number of aromatic nitrogens is 1. The molecule has 1 aromatic heterocycles. The van der Waals surface area contributed by atoms with E-state index in [-0.39, 0.29) is 0 Å². The molecule has 104 valence electrons. The standard InChI is InChI=1S/C17H13BrN2O/c1-21-17-5-3-15(18)9-14(17)11-20-7-6-13-8-12(10-19)2-4-16(13)20/h2-9H,11H2,1H3. The highest BCUT2D eigenvalue weighted by Gasteiger charge is 2.07. The van der Waals surface area contributed by atoms with Crippen molar-refractivity contribution in [2.75, 3.05) is 7.11 Å². The summed E-state index contributed by atoms with van der Waals surface area (Å²) in [6, 6.07) is 15.9. The zero-order chi connectivity index (χ0) is 14.8. The average molecular weight is 341 g/mol. The van der Waals surface area contributed by atoms with E-state index in [1.807, 2.05) is 42.6 Å². The third-order valence-electron chi connectivity index (χ3n) is 3.48. The highest BCUT2D eigenvalue weighted by atomic mass is 79.9. The number of fused-ring (bicyclic) bond motifs is 1. The van der Waals surface area contributed by atoms with Gasteiger partial charge in [-0.1, -0.05) is 15.9 Å². The van der Waals surface area contributed by atoms with Crippen LogP contribution in [0.5, 0.6) is 5.75 Å². The molecule has 0 aliphatic heterocycles. The number of methoxy groups -OCH3 is 1. The van der Waals surface area contributed by atoms with Crippen LogP contribution in [0.2, 0.25) is 0 Å². The minimum Gasteiger partial charge on any atom is -0.496 e. The van der Waals surface area contributed by atoms with Crippen molar-refractivity contribution in [2.24, 2.45) is 0 Å². The Bertz CT molecular complexity index is 846. The highest BCUT2D eigenvalue weighted by Crippen LogP contribution is 2.26. The zero-order valence-corrected chi connectivity index (χ0v) is 13.1. The van der Waals surface area contributed by atoms with Crippen LogP contribution in [0.25, 0.3) is 10.9 Å². The van der Waals surface area contributed by atoms with Crippen molar-refractivity contribution in [3.8, 4) is 11.8 Å². The van der Waals surface area contributed by atoms with Crippen molar-refractivity contribution in [2.45, 2.75) is 6.54 Å². The molecule has 0 unspecified atom stereocenters. The molecule has 0 saturated carbocycles. The first kappa shape index (κ1) is 13.7. The summed E-state index contributed by atoms with van der Waals surface area (Å²) >= 11 is 3.50. The average Bonchev–Trinajstić information content (AvgIpc) is 2.90. The largest absolute Gasteiger partial charge is 0.496 e. The van der Waals surface area contributed by atoms with E-state index >= 15 is 0 Å². The number of ether oxygens (including phenoxy) is 1. The van der Waals surface area contributed by atoms with Gasteiger partial charge >= 0.3 is 0 Å². The van der Waals surface area contributed by atoms with E-state index in [4.69, 9.17) is 10.00 Å². The third kappa shape index (κ3) is 2.65. The maximum Gasteiger partial charge on any atom is 0.123 e. The number of nitrogens with zero attached hydrogens (tertiary/aromatic N) is 2. The second kappa shape index (κ2) is 5.63. The molecule has 4 heteroatoms. The second-order valence-electron chi connectivity index (χ2n) is 4.79. The highest BCUT2D eigenvalue weighted by molar-refractivity contribution is 9.10. The minimum absolute atomic E-state index is 0.681. The Morgan fingerprint density at radius 3 is 2.81 bits per heavy atom. The number of nitriles is 1. The molecule has 0 bridgehead atoms. The molecule has 0 aliphatic rings. The molecule has 0 aliphatic carbocycles. The van der Waals surface area contributed by atoms with E-state index in [0.29, 0.717) is 5.56 Å². The Morgan fingerprint density at radius 1 is 1.19 bits per heavy atom. The molecule has 0 atom stereocenters. The molecular formula is C17H13BrN2O. The normalized spacial score (nSPS) is 10.5. The van der Waals surface area contributed by atoms with E-state index < -0.39 is 0 Å². The van der Waals surface area contributed by atoms with Gasteiger partial charge in [-0.3, -0.25) is 0 Å². The van der Waals surface area contributed by atoms with Gasteiger partial charge in [0.2, 0.25) is 0 Å². The van der Waals surface area contributed by atoms with Gasteiger partial charge in [0.1, 0.15) is 5.75 Å². The molecule has 0 spiro atoms. The molecular weight excluding hydrogens is 328 g/mol. The summed E-state index contributed by atoms with van der Waals surface area (Å²) in [5.41, 5.74) is 2.89. The Balaban J connectivity index is 2.03. The molecule has 21 heavy (non-hydrogen) atoms. The molecule has 0 saturated heterocycles. The summed E-state index contributed by atoms with van der Waals surface area (Å²) in [5, 5.41) is 10.0. The Hall–Kier alpha value is -2.25. The van der Waals surface area contributed by atoms with Gasteiger partial charge in [-0.05, 0) is 42.5 Å². The fraction of sp³-hybridized carbons (Fsp3) is 0.118. The van der Waals surface area contributed by atoms with Crippen LogP contribution in [-0.2, 0) is 6.54 Å². The minimum atomic E-state index is 0.681. The van der Waals surface area contributed by atoms with Crippen LogP contribution in [-0.4, -0.2) is 11.7 Å². The Labute approximate surface area is 131 Å². The van der Waals surface area contributed by atoms with Crippen molar-refractivity contribution >= 4 is 26.8 Å². The van der Waals surface area contributed by atoms with Crippen LogP contribution in [0.15, 0.2) is 53.1 Å². The Kier molecular flexibility index (Phi) is 3.68. The lowest BCUT2D eigenvalue weighted by atomic mass is 10.1. The fourth-order valence-electron chi connectivity index (χ4n) is 2.46. The second-order valence-corrected chi connectivity index (χ2v) is 5.70. The maximum atomic E-state index is 8.96. The number of hydrogen-bond acceptors (Lipinski definition) is 2. The summed E-state index contributed by atoms with van der Waals surface area (Å²) in [6.45, 7) is 0.720. The van der Waals surface area contributed by atoms with Gasteiger partial charge in [-0.25, -0.2) is 0 Å². The molecule has 0 radical (unpaired) electrons. The van der Waals surface area contributed by atoms with E-state index in [2.05, 4.69) is 32.6 Å². The molecule has 2 aromatic carbocycles. The van der Waals surface area contributed by atoms with Gasteiger partial charge in [0, 0.05) is 27.1 Å². The first-order chi connectivity index (χ1) is 10.2. The SMILES string of the molecule is COc1ccc(Br)cc1Cn1ccc2cc(C#N)ccc21. The quantitative estimate of drug-likeness (QED) is 0.711. The van der Waals surface area contributed by atoms with E-state index in [1.54, 1.807) is 7.11 Å². The summed E-state index contributed by atoms with van der Waals surface area (Å²) in [4.78, 5) is 0. The van der Waals surface area contributed by atoms with E-state index in [0.717, 1.165) is 33.2 Å². The molecule has 0 fully saturated rings. The van der Waals surface area contributed by atoms with Gasteiger partial charge in [0.05, 0.1) is 25.3 Å². The number of halogens is 1. The number of hydrogen-bond donors (Lipinski definition) is 0. The number of benzene rings is 2. The van der Waals surface area contributed by atoms with Crippen molar-refractivity contribution < 1.29 is 4.74 Å². The van der Waals surface area contributed by atoms with E-state index in [9.17, 15) is 0 Å². The van der Waals surface area contributed by atoms with Crippen LogP contribution in [0, 0.1) is 11.3 Å². The predicted molar refractivity (Wildman–Crippen MR) is 86.4 cm³/mol. The predicted octanol–water partition coefficient (Wildman–Crippen LogP) is 4.33. The van der Waals surface area contributed by atoms with Crippen molar-refractivity contribution in [3.05, 3.63) is 64.3 Å². The van der Waals surface area contributed by atoms with Crippen molar-refractivity contribution in [1.29, 1.82) is 5.26 Å². The molecule has 1 heterocycles. The van der Waals surface area contributed by atoms with Crippen molar-refractivity contribution in [3.63, 3.8) is 0 Å². The molecule has 3 rings (SSSR count). The number of rotatable bonds is 3. The first-order valence-corrected chi connectivity index (χ1v) is 7.32. The third-order valence-corrected chi connectivity index (χ3v) is 3.98. The van der Waals surface area contributed by atoms with Crippen LogP contribution >= 0.6 is 15.9 Å². The lowest BCUT2D eigenvalue weighted by molar-refractivity contribution is 0.408. The van der Waals surface area contributed by atoms with Crippen LogP contribution < -0.4 is 4.74 Å². The van der Waals surface area contributed by atoms with Gasteiger partial charge in [-0.2, -0.15) is 5.26 Å². The first-order valence-electron chi connectivity index (χ1n) is 6.52. The zero-order valence-electron chi connectivity index (χ0n) is 11.5. The summed E-state index contributed by atoms with van der Waals surface area (Å²) in [7, 11) is 1.68. The lowest BCUT2D eigenvalue weighted by Gasteiger charge is -2.11. The summed E-state index contributed by atoms with van der Waals surface area (Å²) in [6.07, 6.45) is 2.03. The molecule has 0 N–H and O–H groups in total. The topological polar surface area (TPSA) is 38.0 Å². The van der Waals surface area contributed by atoms with Gasteiger partial charge in [0.25, 0.3) is 0 Å². The summed E-state index contributed by atoms with van der Waals surface area (Å²) in [5.74, 6) is 0.869. The fourth-order valence-corrected chi connectivity index (χ4v) is 2.87. The molecule has 3 nitrogen and oxygen atoms in total. The molecule has 3 aromatic rings. The summed E-state index contributed by atoms with van der Waals surface area (Å²) < 4.78 is 8.60. The van der Waals surface area contributed by atoms with Crippen LogP contribution in [0.1, 0.15) is 11.1 Å². The van der Waals surface area contributed by atoms with E-state index in [1.165, 1.54) is 0 Å². The maximum absolute atomic E-state index is 8.96. The van der Waals surface area contributed by atoms with Gasteiger partial charge in [-0.15, -0.1) is 0 Å². The van der Waals surface area contributed by atoms with Crippen LogP contribution in [0.3, 0.4) is 0 Å². The van der Waals surface area contributed by atoms with Gasteiger partial charge in [0.15, 0.2) is 0 Å². The Morgan fingerprint density at radius 2 is 2.05 bits per heavy atom.